The summed E-state index contributed by atoms with van der Waals surface area (Å²) in [5.74, 6) is -0.425. The van der Waals surface area contributed by atoms with Crippen LogP contribution in [-0.2, 0) is 0 Å². The first-order chi connectivity index (χ1) is 10.7. The molecule has 0 atom stereocenters. The third-order valence-electron chi connectivity index (χ3n) is 4.33. The Morgan fingerprint density at radius 3 is 2.61 bits per heavy atom. The van der Waals surface area contributed by atoms with E-state index in [1.165, 1.54) is 4.90 Å². The number of amides is 1. The molecule has 1 aliphatic heterocycles. The highest BCUT2D eigenvalue weighted by Gasteiger charge is 2.55. The van der Waals surface area contributed by atoms with Gasteiger partial charge in [-0.2, -0.15) is 18.3 Å². The predicted octanol–water partition coefficient (Wildman–Crippen LogP) is 2.40. The smallest absolute Gasteiger partial charge is 0.380 e. The number of fused-ring (bicyclic) bond motifs is 1. The number of halogens is 3. The molecule has 1 aromatic carbocycles. The number of piperidine rings is 1. The lowest BCUT2D eigenvalue weighted by Crippen LogP contribution is -2.54. The molecular weight excluding hydrogens is 311 g/mol. The summed E-state index contributed by atoms with van der Waals surface area (Å²) in [6.07, 6.45) is -5.73. The van der Waals surface area contributed by atoms with Gasteiger partial charge in [0.25, 0.3) is 5.91 Å². The number of aromatic nitrogens is 2. The van der Waals surface area contributed by atoms with Gasteiger partial charge < -0.3 is 10.0 Å². The topological polar surface area (TPSA) is 69.2 Å². The van der Waals surface area contributed by atoms with E-state index in [-0.39, 0.29) is 18.8 Å². The third kappa shape index (κ3) is 2.67. The number of rotatable bonds is 1. The summed E-state index contributed by atoms with van der Waals surface area (Å²) in [5, 5.41) is 17.1. The number of aliphatic hydroxyl groups is 1. The number of nitrogens with zero attached hydrogens (tertiary/aromatic N) is 2. The summed E-state index contributed by atoms with van der Waals surface area (Å²) < 4.78 is 38.4. The van der Waals surface area contributed by atoms with Crippen LogP contribution < -0.4 is 0 Å². The number of H-pyrrole nitrogens is 1. The Balaban J connectivity index is 1.81. The van der Waals surface area contributed by atoms with Gasteiger partial charge in [0.1, 0.15) is 0 Å². The number of aryl methyl sites for hydroxylation is 1. The average Bonchev–Trinajstić information content (AvgIpc) is 2.89. The number of likely N-dealkylation sites (tertiary alicyclic amines) is 1. The van der Waals surface area contributed by atoms with Crippen molar-refractivity contribution in [2.75, 3.05) is 13.1 Å². The van der Waals surface area contributed by atoms with Crippen LogP contribution >= 0.6 is 0 Å². The zero-order chi connectivity index (χ0) is 16.8. The number of carbonyl (C=O) groups excluding carboxylic acids is 1. The molecule has 3 rings (SSSR count). The van der Waals surface area contributed by atoms with Crippen LogP contribution in [0.4, 0.5) is 13.2 Å². The minimum atomic E-state index is -4.68. The SMILES string of the molecule is Cc1ccc2[nH]nc(C(=O)N3CCC(O)(C(F)(F)F)CC3)c2c1. The largest absolute Gasteiger partial charge is 0.417 e. The van der Waals surface area contributed by atoms with Crippen molar-refractivity contribution in [2.24, 2.45) is 0 Å². The van der Waals surface area contributed by atoms with Crippen LogP contribution in [0, 0.1) is 6.92 Å². The molecular formula is C15H16F3N3O2. The number of carbonyl (C=O) groups is 1. The fourth-order valence-corrected chi connectivity index (χ4v) is 2.80. The molecule has 2 N–H and O–H groups in total. The normalized spacial score (nSPS) is 18.4. The zero-order valence-electron chi connectivity index (χ0n) is 12.4. The van der Waals surface area contributed by atoms with E-state index >= 15 is 0 Å². The molecule has 5 nitrogen and oxygen atoms in total. The van der Waals surface area contributed by atoms with Gasteiger partial charge in [0.15, 0.2) is 11.3 Å². The van der Waals surface area contributed by atoms with Crippen molar-refractivity contribution in [2.45, 2.75) is 31.5 Å². The van der Waals surface area contributed by atoms with Crippen LogP contribution in [0.5, 0.6) is 0 Å². The quantitative estimate of drug-likeness (QED) is 0.845. The standard InChI is InChI=1S/C15H16F3N3O2/c1-9-2-3-11-10(8-9)12(20-19-11)13(22)21-6-4-14(23,5-7-21)15(16,17)18/h2-3,8,23H,4-7H2,1H3,(H,19,20). The molecule has 8 heteroatoms. The maximum atomic E-state index is 12.8. The van der Waals surface area contributed by atoms with Crippen molar-refractivity contribution < 1.29 is 23.1 Å². The van der Waals surface area contributed by atoms with Crippen molar-refractivity contribution in [1.82, 2.24) is 15.1 Å². The van der Waals surface area contributed by atoms with Crippen LogP contribution in [0.25, 0.3) is 10.9 Å². The van der Waals surface area contributed by atoms with E-state index in [1.54, 1.807) is 6.07 Å². The second-order valence-electron chi connectivity index (χ2n) is 5.94. The molecule has 23 heavy (non-hydrogen) atoms. The molecule has 0 aliphatic carbocycles. The monoisotopic (exact) mass is 327 g/mol. The molecule has 1 aromatic heterocycles. The van der Waals surface area contributed by atoms with Crippen LogP contribution in [0.15, 0.2) is 18.2 Å². The van der Waals surface area contributed by atoms with Crippen LogP contribution in [-0.4, -0.2) is 51.0 Å². The highest BCUT2D eigenvalue weighted by Crippen LogP contribution is 2.38. The molecule has 1 fully saturated rings. The second kappa shape index (κ2) is 5.23. The molecule has 0 saturated carbocycles. The predicted molar refractivity (Wildman–Crippen MR) is 77.0 cm³/mol. The van der Waals surface area contributed by atoms with Gasteiger partial charge in [-0.15, -0.1) is 0 Å². The van der Waals surface area contributed by atoms with Crippen molar-refractivity contribution in [1.29, 1.82) is 0 Å². The Morgan fingerprint density at radius 2 is 2.00 bits per heavy atom. The summed E-state index contributed by atoms with van der Waals surface area (Å²) in [7, 11) is 0. The van der Waals surface area contributed by atoms with Crippen molar-refractivity contribution in [3.8, 4) is 0 Å². The van der Waals surface area contributed by atoms with Crippen molar-refractivity contribution in [3.63, 3.8) is 0 Å². The molecule has 0 spiro atoms. The van der Waals surface area contributed by atoms with Gasteiger partial charge in [-0.25, -0.2) is 0 Å². The average molecular weight is 327 g/mol. The van der Waals surface area contributed by atoms with Crippen LogP contribution in [0.2, 0.25) is 0 Å². The lowest BCUT2D eigenvalue weighted by atomic mass is 9.90. The molecule has 0 unspecified atom stereocenters. The Hall–Kier alpha value is -2.09. The minimum absolute atomic E-state index is 0.158. The fourth-order valence-electron chi connectivity index (χ4n) is 2.80. The van der Waals surface area contributed by atoms with Gasteiger partial charge in [0.2, 0.25) is 0 Å². The van der Waals surface area contributed by atoms with Crippen molar-refractivity contribution in [3.05, 3.63) is 29.5 Å². The highest BCUT2D eigenvalue weighted by atomic mass is 19.4. The first kappa shape index (κ1) is 15.8. The van der Waals surface area contributed by atoms with E-state index in [0.717, 1.165) is 5.56 Å². The van der Waals surface area contributed by atoms with E-state index in [0.29, 0.717) is 10.9 Å². The molecule has 0 radical (unpaired) electrons. The number of hydrogen-bond acceptors (Lipinski definition) is 3. The number of nitrogens with one attached hydrogen (secondary N) is 1. The molecule has 124 valence electrons. The number of alkyl halides is 3. The van der Waals surface area contributed by atoms with Crippen LogP contribution in [0.3, 0.4) is 0 Å². The van der Waals surface area contributed by atoms with Gasteiger partial charge in [0.05, 0.1) is 5.52 Å². The molecule has 1 amide bonds. The summed E-state index contributed by atoms with van der Waals surface area (Å²) in [4.78, 5) is 13.8. The highest BCUT2D eigenvalue weighted by molar-refractivity contribution is 6.04. The van der Waals surface area contributed by atoms with E-state index < -0.39 is 30.5 Å². The Bertz CT molecular complexity index is 746. The lowest BCUT2D eigenvalue weighted by Gasteiger charge is -2.38. The first-order valence-corrected chi connectivity index (χ1v) is 7.24. The van der Waals surface area contributed by atoms with E-state index in [1.807, 2.05) is 19.1 Å². The van der Waals surface area contributed by atoms with Crippen LogP contribution in [0.1, 0.15) is 28.9 Å². The molecule has 2 heterocycles. The van der Waals surface area contributed by atoms with Crippen molar-refractivity contribution >= 4 is 16.8 Å². The van der Waals surface area contributed by atoms with E-state index in [4.69, 9.17) is 0 Å². The van der Waals surface area contributed by atoms with Gasteiger partial charge in [-0.3, -0.25) is 9.89 Å². The molecule has 1 saturated heterocycles. The number of benzene rings is 1. The summed E-state index contributed by atoms with van der Waals surface area (Å²) >= 11 is 0. The molecule has 1 aliphatic rings. The number of hydrogen-bond donors (Lipinski definition) is 2. The van der Waals surface area contributed by atoms with Gasteiger partial charge in [-0.05, 0) is 19.1 Å². The third-order valence-corrected chi connectivity index (χ3v) is 4.33. The molecule has 0 bridgehead atoms. The lowest BCUT2D eigenvalue weighted by molar-refractivity contribution is -0.271. The second-order valence-corrected chi connectivity index (χ2v) is 5.94. The number of aromatic amines is 1. The summed E-state index contributed by atoms with van der Waals surface area (Å²) in [5.41, 5.74) is -0.865. The summed E-state index contributed by atoms with van der Waals surface area (Å²) in [6.45, 7) is 1.56. The maximum absolute atomic E-state index is 12.8. The Morgan fingerprint density at radius 1 is 1.35 bits per heavy atom. The zero-order valence-corrected chi connectivity index (χ0v) is 12.4. The van der Waals surface area contributed by atoms with E-state index in [9.17, 15) is 23.1 Å². The Kier molecular flexibility index (Phi) is 3.59. The first-order valence-electron chi connectivity index (χ1n) is 7.24. The molecule has 2 aromatic rings. The van der Waals surface area contributed by atoms with Gasteiger partial charge >= 0.3 is 6.18 Å². The minimum Gasteiger partial charge on any atom is -0.380 e. The maximum Gasteiger partial charge on any atom is 0.417 e. The summed E-state index contributed by atoms with van der Waals surface area (Å²) in [6, 6.07) is 5.48. The fraction of sp³-hybridized carbons (Fsp3) is 0.467. The van der Waals surface area contributed by atoms with Gasteiger partial charge in [0, 0.05) is 31.3 Å². The van der Waals surface area contributed by atoms with E-state index in [2.05, 4.69) is 10.2 Å². The Labute approximate surface area is 130 Å². The van der Waals surface area contributed by atoms with Gasteiger partial charge in [-0.1, -0.05) is 11.6 Å².